The van der Waals surface area contributed by atoms with E-state index in [1.807, 2.05) is 0 Å². The molecule has 0 aliphatic rings. The molecular formula is C14H13ClN2O3S. The molecule has 0 unspecified atom stereocenters. The molecule has 5 nitrogen and oxygen atoms in total. The number of halogens is 1. The standard InChI is InChI=1S/C14H13ClN2O3S/c1-9-6-10(8-13(7-9)21(16,19)20)14(18)17-12-4-2-11(15)3-5-12/h2-8H,1H3,(H,17,18)(H2,16,19,20). The number of carbonyl (C=O) groups is 1. The normalized spacial score (nSPS) is 11.2. The molecule has 0 fully saturated rings. The Kier molecular flexibility index (Phi) is 4.32. The second-order valence-electron chi connectivity index (χ2n) is 4.54. The van der Waals surface area contributed by atoms with Crippen LogP contribution < -0.4 is 10.5 Å². The maximum absolute atomic E-state index is 12.2. The lowest BCUT2D eigenvalue weighted by Gasteiger charge is -2.08. The highest BCUT2D eigenvalue weighted by Gasteiger charge is 2.13. The number of benzene rings is 2. The number of anilines is 1. The molecule has 0 atom stereocenters. The van der Waals surface area contributed by atoms with E-state index in [2.05, 4.69) is 5.32 Å². The summed E-state index contributed by atoms with van der Waals surface area (Å²) in [5.41, 5.74) is 1.40. The summed E-state index contributed by atoms with van der Waals surface area (Å²) in [5.74, 6) is -0.425. The van der Waals surface area contributed by atoms with Crippen molar-refractivity contribution >= 4 is 33.2 Å². The van der Waals surface area contributed by atoms with Crippen LogP contribution in [0, 0.1) is 6.92 Å². The number of primary sulfonamides is 1. The number of hydrogen-bond acceptors (Lipinski definition) is 3. The van der Waals surface area contributed by atoms with Crippen LogP contribution in [0.4, 0.5) is 5.69 Å². The van der Waals surface area contributed by atoms with Crippen molar-refractivity contribution in [2.75, 3.05) is 5.32 Å². The molecule has 7 heteroatoms. The highest BCUT2D eigenvalue weighted by atomic mass is 35.5. The second-order valence-corrected chi connectivity index (χ2v) is 6.54. The first kappa shape index (κ1) is 15.5. The number of sulfonamides is 1. The molecule has 0 aliphatic heterocycles. The molecular weight excluding hydrogens is 312 g/mol. The molecule has 0 bridgehead atoms. The van der Waals surface area contributed by atoms with Crippen LogP contribution >= 0.6 is 11.6 Å². The topological polar surface area (TPSA) is 89.3 Å². The molecule has 3 N–H and O–H groups in total. The number of rotatable bonds is 3. The minimum Gasteiger partial charge on any atom is -0.322 e. The van der Waals surface area contributed by atoms with Gasteiger partial charge >= 0.3 is 0 Å². The van der Waals surface area contributed by atoms with Crippen molar-refractivity contribution < 1.29 is 13.2 Å². The SMILES string of the molecule is Cc1cc(C(=O)Nc2ccc(Cl)cc2)cc(S(N)(=O)=O)c1. The van der Waals surface area contributed by atoms with Gasteiger partial charge in [-0.1, -0.05) is 11.6 Å². The van der Waals surface area contributed by atoms with Gasteiger partial charge in [-0.05, 0) is 55.0 Å². The van der Waals surface area contributed by atoms with Gasteiger partial charge < -0.3 is 5.32 Å². The van der Waals surface area contributed by atoms with E-state index in [-0.39, 0.29) is 10.5 Å². The zero-order chi connectivity index (χ0) is 15.6. The maximum atomic E-state index is 12.2. The largest absolute Gasteiger partial charge is 0.322 e. The summed E-state index contributed by atoms with van der Waals surface area (Å²) >= 11 is 5.76. The van der Waals surface area contributed by atoms with Gasteiger partial charge in [0.2, 0.25) is 10.0 Å². The van der Waals surface area contributed by atoms with Gasteiger partial charge in [-0.2, -0.15) is 0 Å². The first-order chi connectivity index (χ1) is 9.75. The predicted octanol–water partition coefficient (Wildman–Crippen LogP) is 2.55. The van der Waals surface area contributed by atoms with Crippen LogP contribution in [0.25, 0.3) is 0 Å². The van der Waals surface area contributed by atoms with Crippen molar-refractivity contribution in [1.29, 1.82) is 0 Å². The monoisotopic (exact) mass is 324 g/mol. The van der Waals surface area contributed by atoms with Crippen LogP contribution in [0.2, 0.25) is 5.02 Å². The Morgan fingerprint density at radius 2 is 1.76 bits per heavy atom. The molecule has 0 saturated heterocycles. The van der Waals surface area contributed by atoms with E-state index < -0.39 is 15.9 Å². The predicted molar refractivity (Wildman–Crippen MR) is 82.0 cm³/mol. The van der Waals surface area contributed by atoms with Gasteiger partial charge in [-0.3, -0.25) is 4.79 Å². The molecule has 2 aromatic rings. The molecule has 0 saturated carbocycles. The summed E-state index contributed by atoms with van der Waals surface area (Å²) in [5, 5.41) is 8.30. The molecule has 0 heterocycles. The summed E-state index contributed by atoms with van der Waals surface area (Å²) in [7, 11) is -3.86. The summed E-state index contributed by atoms with van der Waals surface area (Å²) in [4.78, 5) is 12.1. The third-order valence-electron chi connectivity index (χ3n) is 2.74. The fraction of sp³-hybridized carbons (Fsp3) is 0.0714. The van der Waals surface area contributed by atoms with Gasteiger partial charge in [0.05, 0.1) is 4.90 Å². The first-order valence-corrected chi connectivity index (χ1v) is 7.89. The van der Waals surface area contributed by atoms with Crippen molar-refractivity contribution in [2.45, 2.75) is 11.8 Å². The van der Waals surface area contributed by atoms with Crippen LogP contribution in [0.5, 0.6) is 0 Å². The van der Waals surface area contributed by atoms with Gasteiger partial charge in [0.15, 0.2) is 0 Å². The Morgan fingerprint density at radius 1 is 1.14 bits per heavy atom. The van der Waals surface area contributed by atoms with Gasteiger partial charge in [0.25, 0.3) is 5.91 Å². The van der Waals surface area contributed by atoms with Gasteiger partial charge in [0, 0.05) is 16.3 Å². The molecule has 1 amide bonds. The Balaban J connectivity index is 2.31. The lowest BCUT2D eigenvalue weighted by atomic mass is 10.1. The number of carbonyl (C=O) groups excluding carboxylic acids is 1. The van der Waals surface area contributed by atoms with Crippen molar-refractivity contribution in [1.82, 2.24) is 0 Å². The average Bonchev–Trinajstić information content (AvgIpc) is 2.39. The molecule has 0 aromatic heterocycles. The zero-order valence-corrected chi connectivity index (χ0v) is 12.7. The third kappa shape index (κ3) is 4.04. The van der Waals surface area contributed by atoms with Crippen LogP contribution in [0.3, 0.4) is 0 Å². The van der Waals surface area contributed by atoms with Crippen molar-refractivity contribution in [3.8, 4) is 0 Å². The Hall–Kier alpha value is -1.89. The quantitative estimate of drug-likeness (QED) is 0.909. The third-order valence-corrected chi connectivity index (χ3v) is 3.89. The van der Waals surface area contributed by atoms with Crippen LogP contribution in [-0.4, -0.2) is 14.3 Å². The molecule has 110 valence electrons. The lowest BCUT2D eigenvalue weighted by Crippen LogP contribution is -2.16. The number of nitrogens with one attached hydrogen (secondary N) is 1. The Labute approximate surface area is 127 Å². The summed E-state index contributed by atoms with van der Waals surface area (Å²) in [6.45, 7) is 1.69. The fourth-order valence-corrected chi connectivity index (χ4v) is 2.55. The molecule has 0 spiro atoms. The molecule has 0 aliphatic carbocycles. The highest BCUT2D eigenvalue weighted by molar-refractivity contribution is 7.89. The van der Waals surface area contributed by atoms with E-state index in [9.17, 15) is 13.2 Å². The molecule has 2 rings (SSSR count). The van der Waals surface area contributed by atoms with E-state index in [0.717, 1.165) is 0 Å². The van der Waals surface area contributed by atoms with E-state index in [1.54, 1.807) is 37.3 Å². The first-order valence-electron chi connectivity index (χ1n) is 5.97. The smallest absolute Gasteiger partial charge is 0.255 e. The molecule has 2 aromatic carbocycles. The zero-order valence-electron chi connectivity index (χ0n) is 11.1. The Morgan fingerprint density at radius 3 is 2.33 bits per heavy atom. The van der Waals surface area contributed by atoms with Crippen molar-refractivity contribution in [2.24, 2.45) is 5.14 Å². The average molecular weight is 325 g/mol. The fourth-order valence-electron chi connectivity index (χ4n) is 1.78. The number of nitrogens with two attached hydrogens (primary N) is 1. The van der Waals surface area contributed by atoms with E-state index >= 15 is 0 Å². The highest BCUT2D eigenvalue weighted by Crippen LogP contribution is 2.17. The Bertz CT molecular complexity index is 786. The van der Waals surface area contributed by atoms with Crippen molar-refractivity contribution in [3.63, 3.8) is 0 Å². The molecule has 0 radical (unpaired) electrons. The van der Waals surface area contributed by atoms with Gasteiger partial charge in [-0.25, -0.2) is 13.6 Å². The number of aryl methyl sites for hydroxylation is 1. The minimum atomic E-state index is -3.86. The summed E-state index contributed by atoms with van der Waals surface area (Å²) in [6, 6.07) is 10.8. The van der Waals surface area contributed by atoms with Crippen molar-refractivity contribution in [3.05, 3.63) is 58.6 Å². The summed E-state index contributed by atoms with van der Waals surface area (Å²) < 4.78 is 22.8. The van der Waals surface area contributed by atoms with E-state index in [4.69, 9.17) is 16.7 Å². The number of amides is 1. The van der Waals surface area contributed by atoms with Gasteiger partial charge in [-0.15, -0.1) is 0 Å². The second kappa shape index (κ2) is 5.85. The van der Waals surface area contributed by atoms with Gasteiger partial charge in [0.1, 0.15) is 0 Å². The maximum Gasteiger partial charge on any atom is 0.255 e. The number of hydrogen-bond donors (Lipinski definition) is 2. The van der Waals surface area contributed by atoms with Crippen LogP contribution in [-0.2, 0) is 10.0 Å². The van der Waals surface area contributed by atoms with Crippen LogP contribution in [0.15, 0.2) is 47.4 Å². The van der Waals surface area contributed by atoms with E-state index in [1.165, 1.54) is 12.1 Å². The minimum absolute atomic E-state index is 0.0937. The molecule has 21 heavy (non-hydrogen) atoms. The van der Waals surface area contributed by atoms with Crippen LogP contribution in [0.1, 0.15) is 15.9 Å². The van der Waals surface area contributed by atoms with E-state index in [0.29, 0.717) is 16.3 Å². The summed E-state index contributed by atoms with van der Waals surface area (Å²) in [6.07, 6.45) is 0. The lowest BCUT2D eigenvalue weighted by molar-refractivity contribution is 0.102.